The summed E-state index contributed by atoms with van der Waals surface area (Å²) in [4.78, 5) is 0. The number of rotatable bonds is 10. The summed E-state index contributed by atoms with van der Waals surface area (Å²) in [6.07, 6.45) is -3.43. The van der Waals surface area contributed by atoms with Gasteiger partial charge in [0, 0.05) is 12.8 Å². The minimum atomic E-state index is -1.01. The van der Waals surface area contributed by atoms with Crippen molar-refractivity contribution in [1.82, 2.24) is 0 Å². The first-order valence-corrected chi connectivity index (χ1v) is 5.52. The second-order valence-corrected chi connectivity index (χ2v) is 3.89. The van der Waals surface area contributed by atoms with Crippen LogP contribution >= 0.6 is 0 Å². The third-order valence-electron chi connectivity index (χ3n) is 2.28. The molecule has 0 aliphatic carbocycles. The molecule has 0 aromatic heterocycles. The van der Waals surface area contributed by atoms with E-state index in [1.165, 1.54) is 0 Å². The lowest BCUT2D eigenvalue weighted by atomic mass is 10.1. The van der Waals surface area contributed by atoms with Crippen molar-refractivity contribution in [3.63, 3.8) is 0 Å². The monoisotopic (exact) mass is 254 g/mol. The first kappa shape index (κ1) is 16.7. The van der Waals surface area contributed by atoms with Crippen LogP contribution in [0.2, 0.25) is 0 Å². The van der Waals surface area contributed by atoms with Gasteiger partial charge in [-0.25, -0.2) is 0 Å². The summed E-state index contributed by atoms with van der Waals surface area (Å²) in [7, 11) is 0. The minimum absolute atomic E-state index is 0.0265. The van der Waals surface area contributed by atoms with Crippen molar-refractivity contribution in [2.45, 2.75) is 37.3 Å². The van der Waals surface area contributed by atoms with Gasteiger partial charge in [-0.05, 0) is 0 Å². The van der Waals surface area contributed by atoms with Gasteiger partial charge in [-0.15, -0.1) is 0 Å². The van der Waals surface area contributed by atoms with Crippen molar-refractivity contribution in [2.24, 2.45) is 0 Å². The normalized spacial score (nSPS) is 18.7. The predicted molar refractivity (Wildman–Crippen MR) is 58.3 cm³/mol. The lowest BCUT2D eigenvalue weighted by Crippen LogP contribution is -2.34. The average Bonchev–Trinajstić information content (AvgIpc) is 2.36. The SMILES string of the molecule is OCC(O)CC(CO)OC(CO)CC(O)CO. The molecule has 0 bridgehead atoms. The van der Waals surface area contributed by atoms with Crippen LogP contribution in [0, 0.1) is 0 Å². The maximum absolute atomic E-state index is 9.18. The van der Waals surface area contributed by atoms with Gasteiger partial charge in [0.1, 0.15) is 0 Å². The summed E-state index contributed by atoms with van der Waals surface area (Å²) in [5, 5.41) is 53.6. The van der Waals surface area contributed by atoms with Crippen LogP contribution in [0.25, 0.3) is 0 Å². The van der Waals surface area contributed by atoms with Gasteiger partial charge >= 0.3 is 0 Å². The van der Waals surface area contributed by atoms with E-state index in [0.29, 0.717) is 0 Å². The van der Waals surface area contributed by atoms with Crippen LogP contribution in [-0.4, -0.2) is 81.5 Å². The zero-order chi connectivity index (χ0) is 13.3. The van der Waals surface area contributed by atoms with Gasteiger partial charge in [0.05, 0.1) is 50.8 Å². The van der Waals surface area contributed by atoms with Crippen molar-refractivity contribution in [3.05, 3.63) is 0 Å². The minimum Gasteiger partial charge on any atom is -0.394 e. The Labute approximate surface area is 99.9 Å². The second-order valence-electron chi connectivity index (χ2n) is 3.89. The molecular weight excluding hydrogens is 232 g/mol. The number of aliphatic hydroxyl groups excluding tert-OH is 6. The number of ether oxygens (including phenoxy) is 1. The van der Waals surface area contributed by atoms with Crippen molar-refractivity contribution in [3.8, 4) is 0 Å². The molecule has 0 spiro atoms. The Morgan fingerprint density at radius 2 is 1.00 bits per heavy atom. The van der Waals surface area contributed by atoms with Crippen molar-refractivity contribution < 1.29 is 35.4 Å². The molecule has 6 N–H and O–H groups in total. The molecule has 0 aliphatic heterocycles. The quantitative estimate of drug-likeness (QED) is 0.248. The Morgan fingerprint density at radius 3 is 1.24 bits per heavy atom. The van der Waals surface area contributed by atoms with E-state index in [4.69, 9.17) is 25.2 Å². The third kappa shape index (κ3) is 7.61. The van der Waals surface area contributed by atoms with Crippen molar-refractivity contribution in [2.75, 3.05) is 26.4 Å². The Kier molecular flexibility index (Phi) is 9.56. The van der Waals surface area contributed by atoms with Crippen LogP contribution in [0.3, 0.4) is 0 Å². The van der Waals surface area contributed by atoms with Crippen LogP contribution < -0.4 is 0 Å². The van der Waals surface area contributed by atoms with E-state index >= 15 is 0 Å². The Hall–Kier alpha value is -0.280. The standard InChI is InChI=1S/C10H22O7/c11-3-7(15)1-9(5-13)17-10(6-14)2-8(16)4-12/h7-16H,1-6H2. The lowest BCUT2D eigenvalue weighted by molar-refractivity contribution is -0.0967. The number of hydrogen-bond donors (Lipinski definition) is 6. The van der Waals surface area contributed by atoms with E-state index in [-0.39, 0.29) is 26.1 Å². The van der Waals surface area contributed by atoms with E-state index in [9.17, 15) is 10.2 Å². The van der Waals surface area contributed by atoms with Crippen LogP contribution in [0.4, 0.5) is 0 Å². The van der Waals surface area contributed by atoms with Crippen LogP contribution in [0.5, 0.6) is 0 Å². The molecule has 0 fully saturated rings. The molecule has 0 aromatic rings. The van der Waals surface area contributed by atoms with Crippen LogP contribution in [0.15, 0.2) is 0 Å². The maximum Gasteiger partial charge on any atom is 0.0836 e. The molecule has 0 amide bonds. The molecule has 0 saturated carbocycles. The summed E-state index contributed by atoms with van der Waals surface area (Å²) in [6, 6.07) is 0. The zero-order valence-electron chi connectivity index (χ0n) is 9.64. The van der Waals surface area contributed by atoms with E-state index in [2.05, 4.69) is 0 Å². The van der Waals surface area contributed by atoms with Gasteiger partial charge in [-0.1, -0.05) is 0 Å². The Morgan fingerprint density at radius 1 is 0.647 bits per heavy atom. The fourth-order valence-electron chi connectivity index (χ4n) is 1.37. The zero-order valence-corrected chi connectivity index (χ0v) is 9.64. The molecule has 7 heteroatoms. The van der Waals surface area contributed by atoms with Gasteiger partial charge in [-0.3, -0.25) is 0 Å². The van der Waals surface area contributed by atoms with E-state index in [0.717, 1.165) is 0 Å². The fraction of sp³-hybridized carbons (Fsp3) is 1.00. The molecule has 0 rings (SSSR count). The maximum atomic E-state index is 9.18. The first-order valence-electron chi connectivity index (χ1n) is 5.52. The largest absolute Gasteiger partial charge is 0.394 e. The Bertz CT molecular complexity index is 160. The topological polar surface area (TPSA) is 131 Å². The Balaban J connectivity index is 4.11. The molecule has 0 aliphatic rings. The molecule has 4 atom stereocenters. The predicted octanol–water partition coefficient (Wildman–Crippen LogP) is -2.79. The summed E-state index contributed by atoms with van der Waals surface area (Å²) in [6.45, 7) is -1.63. The fourth-order valence-corrected chi connectivity index (χ4v) is 1.37. The highest BCUT2D eigenvalue weighted by Gasteiger charge is 2.20. The second kappa shape index (κ2) is 9.72. The molecule has 0 heterocycles. The molecule has 7 nitrogen and oxygen atoms in total. The highest BCUT2D eigenvalue weighted by Crippen LogP contribution is 2.10. The van der Waals surface area contributed by atoms with Gasteiger partial charge in [0.15, 0.2) is 0 Å². The third-order valence-corrected chi connectivity index (χ3v) is 2.28. The summed E-state index contributed by atoms with van der Waals surface area (Å²) in [5.74, 6) is 0. The summed E-state index contributed by atoms with van der Waals surface area (Å²) >= 11 is 0. The van der Waals surface area contributed by atoms with Gasteiger partial charge < -0.3 is 35.4 Å². The molecular formula is C10H22O7. The van der Waals surface area contributed by atoms with Crippen LogP contribution in [0.1, 0.15) is 12.8 Å². The highest BCUT2D eigenvalue weighted by molar-refractivity contribution is 4.69. The molecule has 0 aromatic carbocycles. The molecule has 17 heavy (non-hydrogen) atoms. The van der Waals surface area contributed by atoms with Gasteiger partial charge in [-0.2, -0.15) is 0 Å². The molecule has 0 radical (unpaired) electrons. The molecule has 4 unspecified atom stereocenters. The first-order chi connectivity index (χ1) is 8.07. The van der Waals surface area contributed by atoms with Gasteiger partial charge in [0.25, 0.3) is 0 Å². The van der Waals surface area contributed by atoms with E-state index in [1.54, 1.807) is 0 Å². The summed E-state index contributed by atoms with van der Waals surface area (Å²) in [5.41, 5.74) is 0. The van der Waals surface area contributed by atoms with Crippen LogP contribution in [-0.2, 0) is 4.74 Å². The van der Waals surface area contributed by atoms with Gasteiger partial charge in [0.2, 0.25) is 0 Å². The van der Waals surface area contributed by atoms with Crippen molar-refractivity contribution >= 4 is 0 Å². The average molecular weight is 254 g/mol. The lowest BCUT2D eigenvalue weighted by Gasteiger charge is -2.24. The highest BCUT2D eigenvalue weighted by atomic mass is 16.5. The van der Waals surface area contributed by atoms with E-state index < -0.39 is 37.6 Å². The van der Waals surface area contributed by atoms with E-state index in [1.807, 2.05) is 0 Å². The number of aliphatic hydroxyl groups is 6. The smallest absolute Gasteiger partial charge is 0.0836 e. The molecule has 104 valence electrons. The molecule has 0 saturated heterocycles. The van der Waals surface area contributed by atoms with Crippen molar-refractivity contribution in [1.29, 1.82) is 0 Å². The summed E-state index contributed by atoms with van der Waals surface area (Å²) < 4.78 is 5.25. The number of hydrogen-bond acceptors (Lipinski definition) is 7.